The number of H-pyrrole nitrogens is 1. The molecule has 114 valence electrons. The molecule has 2 aromatic heterocycles. The van der Waals surface area contributed by atoms with Gasteiger partial charge >= 0.3 is 0 Å². The summed E-state index contributed by atoms with van der Waals surface area (Å²) in [6.45, 7) is 8.47. The molecule has 0 aliphatic heterocycles. The SMILES string of the molecule is [C-]#[N+]/C(=C\Cc1c[nH]c2ncc(OC(C)CO)nc12)C(N)=O. The zero-order valence-electron chi connectivity index (χ0n) is 11.9. The second kappa shape index (κ2) is 6.69. The summed E-state index contributed by atoms with van der Waals surface area (Å²) in [5, 5.41) is 8.99. The summed E-state index contributed by atoms with van der Waals surface area (Å²) >= 11 is 0. The summed E-state index contributed by atoms with van der Waals surface area (Å²) in [5.41, 5.74) is 6.87. The van der Waals surface area contributed by atoms with E-state index in [0.717, 1.165) is 5.56 Å². The van der Waals surface area contributed by atoms with Gasteiger partial charge in [-0.3, -0.25) is 4.79 Å². The van der Waals surface area contributed by atoms with Crippen molar-refractivity contribution in [3.63, 3.8) is 0 Å². The maximum atomic E-state index is 11.0. The number of nitrogens with one attached hydrogen (secondary N) is 1. The molecule has 0 aromatic carbocycles. The first kappa shape index (κ1) is 15.5. The van der Waals surface area contributed by atoms with Gasteiger partial charge in [0, 0.05) is 11.8 Å². The third kappa shape index (κ3) is 3.39. The Morgan fingerprint density at radius 3 is 3.09 bits per heavy atom. The van der Waals surface area contributed by atoms with Crippen LogP contribution in [0.25, 0.3) is 16.0 Å². The minimum Gasteiger partial charge on any atom is -0.471 e. The number of aromatic nitrogens is 3. The van der Waals surface area contributed by atoms with Gasteiger partial charge < -0.3 is 20.6 Å². The molecule has 8 heteroatoms. The minimum atomic E-state index is -0.762. The van der Waals surface area contributed by atoms with E-state index >= 15 is 0 Å². The Morgan fingerprint density at radius 2 is 2.45 bits per heavy atom. The molecular weight excluding hydrogens is 286 g/mol. The van der Waals surface area contributed by atoms with Crippen LogP contribution in [-0.2, 0) is 11.2 Å². The van der Waals surface area contributed by atoms with Gasteiger partial charge in [-0.25, -0.2) is 14.8 Å². The van der Waals surface area contributed by atoms with Gasteiger partial charge in [0.15, 0.2) is 5.65 Å². The molecule has 2 heterocycles. The van der Waals surface area contributed by atoms with E-state index < -0.39 is 12.0 Å². The Bertz CT molecular complexity index is 759. The van der Waals surface area contributed by atoms with Crippen LogP contribution in [-0.4, -0.2) is 38.7 Å². The van der Waals surface area contributed by atoms with Crippen LogP contribution < -0.4 is 10.5 Å². The Labute approximate surface area is 126 Å². The lowest BCUT2D eigenvalue weighted by Gasteiger charge is -2.10. The van der Waals surface area contributed by atoms with Gasteiger partial charge in [-0.1, -0.05) is 6.08 Å². The van der Waals surface area contributed by atoms with Gasteiger partial charge in [0.2, 0.25) is 17.5 Å². The average Bonchev–Trinajstić information content (AvgIpc) is 2.90. The molecule has 0 bridgehead atoms. The molecule has 0 spiro atoms. The van der Waals surface area contributed by atoms with Crippen LogP contribution in [0.15, 0.2) is 24.2 Å². The van der Waals surface area contributed by atoms with E-state index in [4.69, 9.17) is 22.1 Å². The van der Waals surface area contributed by atoms with Crippen molar-refractivity contribution in [2.24, 2.45) is 5.73 Å². The molecule has 2 rings (SSSR count). The van der Waals surface area contributed by atoms with Gasteiger partial charge in [0.1, 0.15) is 11.6 Å². The molecule has 0 aliphatic carbocycles. The van der Waals surface area contributed by atoms with Gasteiger partial charge in [-0.2, -0.15) is 0 Å². The highest BCUT2D eigenvalue weighted by atomic mass is 16.5. The van der Waals surface area contributed by atoms with Crippen LogP contribution in [0.3, 0.4) is 0 Å². The van der Waals surface area contributed by atoms with Gasteiger partial charge in [0.05, 0.1) is 19.4 Å². The summed E-state index contributed by atoms with van der Waals surface area (Å²) in [6.07, 6.45) is 4.52. The lowest BCUT2D eigenvalue weighted by Crippen LogP contribution is -2.17. The van der Waals surface area contributed by atoms with Crippen molar-refractivity contribution in [3.05, 3.63) is 41.1 Å². The van der Waals surface area contributed by atoms with Crippen LogP contribution in [0.1, 0.15) is 12.5 Å². The fraction of sp³-hybridized carbons (Fsp3) is 0.286. The fourth-order valence-corrected chi connectivity index (χ4v) is 1.79. The quantitative estimate of drug-likeness (QED) is 0.532. The third-order valence-corrected chi connectivity index (χ3v) is 2.90. The van der Waals surface area contributed by atoms with E-state index in [2.05, 4.69) is 19.8 Å². The number of nitrogens with zero attached hydrogens (tertiary/aromatic N) is 3. The molecule has 0 fully saturated rings. The first-order chi connectivity index (χ1) is 10.5. The van der Waals surface area contributed by atoms with Gasteiger partial charge in [-0.05, 0) is 13.3 Å². The number of aromatic amines is 1. The first-order valence-electron chi connectivity index (χ1n) is 6.53. The van der Waals surface area contributed by atoms with Crippen LogP contribution >= 0.6 is 0 Å². The topological polar surface area (TPSA) is 118 Å². The van der Waals surface area contributed by atoms with Crippen molar-refractivity contribution in [1.82, 2.24) is 15.0 Å². The molecule has 0 saturated carbocycles. The highest BCUT2D eigenvalue weighted by molar-refractivity contribution is 5.93. The Kier molecular flexibility index (Phi) is 4.70. The lowest BCUT2D eigenvalue weighted by atomic mass is 10.2. The number of primary amides is 1. The van der Waals surface area contributed by atoms with Crippen molar-refractivity contribution >= 4 is 17.1 Å². The molecular formula is C14H15N5O3. The number of ether oxygens (including phenoxy) is 1. The van der Waals surface area contributed by atoms with Gasteiger partial charge in [0.25, 0.3) is 0 Å². The summed E-state index contributed by atoms with van der Waals surface area (Å²) in [5.74, 6) is -0.471. The molecule has 8 nitrogen and oxygen atoms in total. The number of allylic oxidation sites excluding steroid dienone is 1. The van der Waals surface area contributed by atoms with Crippen molar-refractivity contribution in [1.29, 1.82) is 0 Å². The molecule has 1 atom stereocenters. The van der Waals surface area contributed by atoms with Crippen LogP contribution in [0, 0.1) is 6.57 Å². The monoisotopic (exact) mass is 301 g/mol. The molecule has 4 N–H and O–H groups in total. The first-order valence-corrected chi connectivity index (χ1v) is 6.53. The number of hydrogen-bond donors (Lipinski definition) is 3. The van der Waals surface area contributed by atoms with E-state index in [9.17, 15) is 4.79 Å². The van der Waals surface area contributed by atoms with E-state index in [1.54, 1.807) is 13.1 Å². The molecule has 2 aromatic rings. The number of carbonyl (C=O) groups is 1. The number of carbonyl (C=O) groups excluding carboxylic acids is 1. The number of nitrogens with two attached hydrogens (primary N) is 1. The van der Waals surface area contributed by atoms with Gasteiger partial charge in [-0.15, -0.1) is 0 Å². The Hall–Kier alpha value is -2.92. The molecule has 1 amide bonds. The van der Waals surface area contributed by atoms with E-state index in [-0.39, 0.29) is 12.3 Å². The second-order valence-electron chi connectivity index (χ2n) is 4.60. The second-order valence-corrected chi connectivity index (χ2v) is 4.60. The maximum absolute atomic E-state index is 11.0. The van der Waals surface area contributed by atoms with E-state index in [0.29, 0.717) is 23.5 Å². The minimum absolute atomic E-state index is 0.122. The smallest absolute Gasteiger partial charge is 0.247 e. The number of hydrogen-bond acceptors (Lipinski definition) is 5. The summed E-state index contributed by atoms with van der Waals surface area (Å²) in [6, 6.07) is 0. The molecule has 0 radical (unpaired) electrons. The Balaban J connectivity index is 2.29. The predicted octanol–water partition coefficient (Wildman–Crippen LogP) is 0.548. The third-order valence-electron chi connectivity index (χ3n) is 2.90. The van der Waals surface area contributed by atoms with E-state index in [1.165, 1.54) is 12.3 Å². The normalized spacial score (nSPS) is 12.9. The molecule has 1 unspecified atom stereocenters. The van der Waals surface area contributed by atoms with Crippen LogP contribution in [0.4, 0.5) is 0 Å². The number of aliphatic hydroxyl groups excluding tert-OH is 1. The van der Waals surface area contributed by atoms with Crippen LogP contribution in [0.5, 0.6) is 5.88 Å². The zero-order valence-corrected chi connectivity index (χ0v) is 11.9. The lowest BCUT2D eigenvalue weighted by molar-refractivity contribution is -0.114. The number of fused-ring (bicyclic) bond motifs is 1. The zero-order chi connectivity index (χ0) is 16.1. The van der Waals surface area contributed by atoms with E-state index in [1.807, 2.05) is 0 Å². The number of aliphatic hydroxyl groups is 1. The predicted molar refractivity (Wildman–Crippen MR) is 78.6 cm³/mol. The summed E-state index contributed by atoms with van der Waals surface area (Å²) in [4.78, 5) is 25.5. The summed E-state index contributed by atoms with van der Waals surface area (Å²) < 4.78 is 5.41. The summed E-state index contributed by atoms with van der Waals surface area (Å²) in [7, 11) is 0. The van der Waals surface area contributed by atoms with Crippen molar-refractivity contribution in [2.75, 3.05) is 6.61 Å². The highest BCUT2D eigenvalue weighted by Gasteiger charge is 2.11. The molecule has 22 heavy (non-hydrogen) atoms. The van der Waals surface area contributed by atoms with Crippen molar-refractivity contribution in [3.8, 4) is 5.88 Å². The molecule has 0 saturated heterocycles. The number of rotatable bonds is 6. The fourth-order valence-electron chi connectivity index (χ4n) is 1.79. The molecule has 0 aliphatic rings. The standard InChI is InChI=1S/C14H15N5O3/c1-8(7-20)22-11-6-18-14-12(19-11)9(5-17-14)3-4-10(16-2)13(15)21/h4-6,8,20H,3,7H2,1H3,(H2,15,21)(H,17,18)/b10-4-. The van der Waals surface area contributed by atoms with Crippen molar-refractivity contribution in [2.45, 2.75) is 19.4 Å². The average molecular weight is 301 g/mol. The largest absolute Gasteiger partial charge is 0.471 e. The van der Waals surface area contributed by atoms with Crippen molar-refractivity contribution < 1.29 is 14.6 Å². The maximum Gasteiger partial charge on any atom is 0.247 e. The highest BCUT2D eigenvalue weighted by Crippen LogP contribution is 2.19. The van der Waals surface area contributed by atoms with Crippen LogP contribution in [0.2, 0.25) is 0 Å². The number of amides is 1. The Morgan fingerprint density at radius 1 is 1.68 bits per heavy atom.